The van der Waals surface area contributed by atoms with E-state index in [1.54, 1.807) is 24.5 Å². The van der Waals surface area contributed by atoms with E-state index in [1.165, 1.54) is 0 Å². The van der Waals surface area contributed by atoms with Crippen molar-refractivity contribution in [2.24, 2.45) is 0 Å². The van der Waals surface area contributed by atoms with Crippen LogP contribution in [0.25, 0.3) is 0 Å². The Morgan fingerprint density at radius 2 is 1.78 bits per heavy atom. The van der Waals surface area contributed by atoms with Crippen molar-refractivity contribution in [3.05, 3.63) is 64.3 Å². The van der Waals surface area contributed by atoms with Gasteiger partial charge in [0.2, 0.25) is 0 Å². The number of halogens is 2. The van der Waals surface area contributed by atoms with Crippen molar-refractivity contribution in [2.45, 2.75) is 13.5 Å². The van der Waals surface area contributed by atoms with Crippen LogP contribution in [0.2, 0.25) is 10.0 Å². The molecule has 0 aliphatic carbocycles. The molecule has 118 valence electrons. The molecular weight excluding hydrogens is 335 g/mol. The van der Waals surface area contributed by atoms with Crippen LogP contribution in [0.5, 0.6) is 0 Å². The lowest BCUT2D eigenvalue weighted by atomic mass is 10.3. The lowest BCUT2D eigenvalue weighted by Crippen LogP contribution is -2.04. The molecule has 0 fully saturated rings. The number of nitrogens with one attached hydrogen (secondary N) is 2. The number of aryl methyl sites for hydroxylation is 1. The number of anilines is 3. The summed E-state index contributed by atoms with van der Waals surface area (Å²) in [5.74, 6) is 2.82. The summed E-state index contributed by atoms with van der Waals surface area (Å²) >= 11 is 12.0. The van der Waals surface area contributed by atoms with Crippen LogP contribution in [0.15, 0.2) is 47.1 Å². The predicted molar refractivity (Wildman–Crippen MR) is 92.5 cm³/mol. The van der Waals surface area contributed by atoms with E-state index >= 15 is 0 Å². The quantitative estimate of drug-likeness (QED) is 0.676. The summed E-state index contributed by atoms with van der Waals surface area (Å²) in [6.07, 6.45) is 1.64. The van der Waals surface area contributed by atoms with Gasteiger partial charge in [-0.2, -0.15) is 0 Å². The smallest absolute Gasteiger partial charge is 0.136 e. The number of furan rings is 1. The van der Waals surface area contributed by atoms with Crippen molar-refractivity contribution < 1.29 is 4.42 Å². The first-order valence-electron chi connectivity index (χ1n) is 6.93. The second-order valence-corrected chi connectivity index (χ2v) is 5.77. The minimum Gasteiger partial charge on any atom is -0.467 e. The number of benzene rings is 1. The minimum absolute atomic E-state index is 0.548. The molecule has 0 bridgehead atoms. The fraction of sp³-hybridized carbons (Fsp3) is 0.125. The Hall–Kier alpha value is -2.24. The highest BCUT2D eigenvalue weighted by Crippen LogP contribution is 2.25. The molecule has 0 unspecified atom stereocenters. The maximum absolute atomic E-state index is 6.01. The molecule has 3 rings (SSSR count). The number of nitrogens with zero attached hydrogens (tertiary/aromatic N) is 2. The topological polar surface area (TPSA) is 63.0 Å². The minimum atomic E-state index is 0.548. The molecule has 2 heterocycles. The molecule has 23 heavy (non-hydrogen) atoms. The van der Waals surface area contributed by atoms with Crippen molar-refractivity contribution in [2.75, 3.05) is 10.6 Å². The fourth-order valence-electron chi connectivity index (χ4n) is 2.09. The zero-order valence-electron chi connectivity index (χ0n) is 12.3. The Balaban J connectivity index is 1.76. The number of hydrogen-bond acceptors (Lipinski definition) is 5. The number of aromatic nitrogens is 2. The maximum atomic E-state index is 6.01. The van der Waals surface area contributed by atoms with Crippen molar-refractivity contribution >= 4 is 40.5 Å². The van der Waals surface area contributed by atoms with Gasteiger partial charge in [-0.1, -0.05) is 23.2 Å². The van der Waals surface area contributed by atoms with Crippen LogP contribution in [0.1, 0.15) is 11.6 Å². The van der Waals surface area contributed by atoms with Crippen LogP contribution in [0, 0.1) is 6.92 Å². The molecule has 0 atom stereocenters. The Morgan fingerprint density at radius 3 is 2.48 bits per heavy atom. The third-order valence-electron chi connectivity index (χ3n) is 3.00. The average molecular weight is 349 g/mol. The molecule has 3 aromatic rings. The van der Waals surface area contributed by atoms with Crippen LogP contribution in [-0.4, -0.2) is 9.97 Å². The molecule has 0 aliphatic rings. The molecule has 0 saturated carbocycles. The summed E-state index contributed by atoms with van der Waals surface area (Å²) in [5.41, 5.74) is 0.762. The molecule has 2 N–H and O–H groups in total. The van der Waals surface area contributed by atoms with E-state index < -0.39 is 0 Å². The molecule has 5 nitrogen and oxygen atoms in total. The molecule has 0 saturated heterocycles. The number of hydrogen-bond donors (Lipinski definition) is 2. The van der Waals surface area contributed by atoms with E-state index in [4.69, 9.17) is 27.6 Å². The van der Waals surface area contributed by atoms with Crippen molar-refractivity contribution in [1.82, 2.24) is 9.97 Å². The molecule has 0 radical (unpaired) electrons. The van der Waals surface area contributed by atoms with E-state index in [1.807, 2.05) is 25.1 Å². The largest absolute Gasteiger partial charge is 0.467 e. The van der Waals surface area contributed by atoms with E-state index in [0.717, 1.165) is 11.4 Å². The Kier molecular flexibility index (Phi) is 4.69. The Morgan fingerprint density at radius 1 is 1.04 bits per heavy atom. The van der Waals surface area contributed by atoms with Gasteiger partial charge in [0.15, 0.2) is 0 Å². The maximum Gasteiger partial charge on any atom is 0.136 e. The molecule has 0 aliphatic heterocycles. The molecular formula is C16H14Cl2N4O. The lowest BCUT2D eigenvalue weighted by Gasteiger charge is -2.10. The van der Waals surface area contributed by atoms with Crippen molar-refractivity contribution in [1.29, 1.82) is 0 Å². The summed E-state index contributed by atoms with van der Waals surface area (Å²) in [4.78, 5) is 8.72. The predicted octanol–water partition coefficient (Wildman–Crippen LogP) is 5.04. The summed E-state index contributed by atoms with van der Waals surface area (Å²) in [5, 5.41) is 7.49. The van der Waals surface area contributed by atoms with Crippen LogP contribution in [0.4, 0.5) is 17.3 Å². The highest BCUT2D eigenvalue weighted by Gasteiger charge is 2.05. The first-order chi connectivity index (χ1) is 11.1. The normalized spacial score (nSPS) is 10.6. The summed E-state index contributed by atoms with van der Waals surface area (Å²) in [6, 6.07) is 10.8. The van der Waals surface area contributed by atoms with Gasteiger partial charge in [-0.3, -0.25) is 0 Å². The molecule has 2 aromatic heterocycles. The van der Waals surface area contributed by atoms with Gasteiger partial charge < -0.3 is 15.1 Å². The van der Waals surface area contributed by atoms with Crippen LogP contribution in [-0.2, 0) is 6.54 Å². The SMILES string of the molecule is Cc1nc(NCc2ccco2)cc(Nc2cc(Cl)cc(Cl)c2)n1. The molecule has 0 amide bonds. The first kappa shape index (κ1) is 15.6. The van der Waals surface area contributed by atoms with Crippen molar-refractivity contribution in [3.8, 4) is 0 Å². The van der Waals surface area contributed by atoms with Crippen LogP contribution in [0.3, 0.4) is 0 Å². The van der Waals surface area contributed by atoms with Gasteiger partial charge in [0.25, 0.3) is 0 Å². The van der Waals surface area contributed by atoms with Gasteiger partial charge in [0.05, 0.1) is 12.8 Å². The Labute approximate surface area is 143 Å². The summed E-state index contributed by atoms with van der Waals surface area (Å²) < 4.78 is 5.29. The van der Waals surface area contributed by atoms with Gasteiger partial charge in [0.1, 0.15) is 23.2 Å². The summed E-state index contributed by atoms with van der Waals surface area (Å²) in [7, 11) is 0. The monoisotopic (exact) mass is 348 g/mol. The lowest BCUT2D eigenvalue weighted by molar-refractivity contribution is 0.518. The highest BCUT2D eigenvalue weighted by molar-refractivity contribution is 6.35. The highest BCUT2D eigenvalue weighted by atomic mass is 35.5. The van der Waals surface area contributed by atoms with E-state index in [-0.39, 0.29) is 0 Å². The van der Waals surface area contributed by atoms with E-state index in [0.29, 0.717) is 34.1 Å². The average Bonchev–Trinajstić information content (AvgIpc) is 2.96. The number of rotatable bonds is 5. The van der Waals surface area contributed by atoms with Crippen LogP contribution >= 0.6 is 23.2 Å². The zero-order chi connectivity index (χ0) is 16.2. The molecule has 1 aromatic carbocycles. The third-order valence-corrected chi connectivity index (χ3v) is 3.43. The first-order valence-corrected chi connectivity index (χ1v) is 7.69. The molecule has 0 spiro atoms. The standard InChI is InChI=1S/C16H14Cl2N4O/c1-10-20-15(19-9-14-3-2-4-23-14)8-16(21-10)22-13-6-11(17)5-12(18)7-13/h2-8H,9H2,1H3,(H2,19,20,21,22). The second-order valence-electron chi connectivity index (χ2n) is 4.90. The Bertz CT molecular complexity index is 786. The van der Waals surface area contributed by atoms with Gasteiger partial charge in [-0.15, -0.1) is 0 Å². The van der Waals surface area contributed by atoms with Gasteiger partial charge in [-0.25, -0.2) is 9.97 Å². The molecule has 7 heteroatoms. The second kappa shape index (κ2) is 6.89. The fourth-order valence-corrected chi connectivity index (χ4v) is 2.61. The third kappa shape index (κ3) is 4.37. The summed E-state index contributed by atoms with van der Waals surface area (Å²) in [6.45, 7) is 2.38. The van der Waals surface area contributed by atoms with Gasteiger partial charge in [-0.05, 0) is 37.3 Å². The van der Waals surface area contributed by atoms with Gasteiger partial charge in [0, 0.05) is 21.8 Å². The zero-order valence-corrected chi connectivity index (χ0v) is 13.8. The van der Waals surface area contributed by atoms with Crippen LogP contribution < -0.4 is 10.6 Å². The van der Waals surface area contributed by atoms with E-state index in [2.05, 4.69) is 20.6 Å². The van der Waals surface area contributed by atoms with Gasteiger partial charge >= 0.3 is 0 Å². The van der Waals surface area contributed by atoms with E-state index in [9.17, 15) is 0 Å². The van der Waals surface area contributed by atoms with Crippen molar-refractivity contribution in [3.63, 3.8) is 0 Å².